The molecule has 0 aromatic rings. The van der Waals surface area contributed by atoms with Crippen molar-refractivity contribution >= 4 is 17.2 Å². The molecule has 0 saturated heterocycles. The van der Waals surface area contributed by atoms with Crippen LogP contribution in [-0.2, 0) is 16.1 Å². The van der Waals surface area contributed by atoms with Crippen LogP contribution in [0.3, 0.4) is 0 Å². The zero-order valence-electron chi connectivity index (χ0n) is 9.89. The van der Waals surface area contributed by atoms with Crippen LogP contribution < -0.4 is 4.72 Å². The Kier molecular flexibility index (Phi) is 5.49. The number of carbonyl (C=O) groups is 1. The van der Waals surface area contributed by atoms with Crippen LogP contribution in [0.1, 0.15) is 26.2 Å². The van der Waals surface area contributed by atoms with Gasteiger partial charge in [0.2, 0.25) is 5.91 Å². The van der Waals surface area contributed by atoms with Crippen molar-refractivity contribution in [3.8, 4) is 0 Å². The highest BCUT2D eigenvalue weighted by Gasteiger charge is 2.28. The number of amides is 1. The Bertz CT molecular complexity index is 402. The summed E-state index contributed by atoms with van der Waals surface area (Å²) >= 11 is -2.64. The number of hydrogen-bond acceptors (Lipinski definition) is 4. The van der Waals surface area contributed by atoms with Gasteiger partial charge in [0.15, 0.2) is 0 Å². The number of aliphatic hydroxyl groups is 1. The molecule has 0 heterocycles. The molecule has 0 radical (unpaired) electrons. The van der Waals surface area contributed by atoms with Gasteiger partial charge in [-0.15, -0.1) is 0 Å². The van der Waals surface area contributed by atoms with E-state index in [9.17, 15) is 23.1 Å². The first-order valence-electron chi connectivity index (χ1n) is 5.54. The van der Waals surface area contributed by atoms with Gasteiger partial charge in [-0.25, -0.2) is 4.39 Å². The van der Waals surface area contributed by atoms with Crippen LogP contribution >= 0.6 is 0 Å². The molecule has 2 unspecified atom stereocenters. The largest absolute Gasteiger partial charge is 0.755 e. The summed E-state index contributed by atoms with van der Waals surface area (Å²) in [7, 11) is 0. The van der Waals surface area contributed by atoms with Crippen molar-refractivity contribution in [2.75, 3.05) is 0 Å². The fourth-order valence-electron chi connectivity index (χ4n) is 1.53. The Labute approximate surface area is 107 Å². The summed E-state index contributed by atoms with van der Waals surface area (Å²) in [6.07, 6.45) is 2.80. The Morgan fingerprint density at radius 1 is 1.67 bits per heavy atom. The van der Waals surface area contributed by atoms with Crippen LogP contribution in [0.4, 0.5) is 4.39 Å². The number of halogens is 1. The van der Waals surface area contributed by atoms with Gasteiger partial charge in [0.1, 0.15) is 11.9 Å². The molecule has 1 rings (SSSR count). The van der Waals surface area contributed by atoms with Gasteiger partial charge in [0, 0.05) is 17.7 Å². The van der Waals surface area contributed by atoms with Gasteiger partial charge >= 0.3 is 0 Å². The lowest BCUT2D eigenvalue weighted by molar-refractivity contribution is -0.118. The minimum atomic E-state index is -2.64. The van der Waals surface area contributed by atoms with E-state index in [4.69, 9.17) is 0 Å². The van der Waals surface area contributed by atoms with E-state index < -0.39 is 23.3 Å². The SMILES string of the molecule is CC(F)/C=C(O)\C(=C/CC(=O)NS(=O)[O-])C1CC1. The molecule has 2 atom stereocenters. The molecule has 1 fully saturated rings. The summed E-state index contributed by atoms with van der Waals surface area (Å²) in [5.74, 6) is -0.739. The van der Waals surface area contributed by atoms with E-state index in [0.717, 1.165) is 18.9 Å². The molecular formula is C11H15FNO4S-. The second kappa shape index (κ2) is 6.65. The van der Waals surface area contributed by atoms with Gasteiger partial charge in [-0.05, 0) is 37.3 Å². The minimum Gasteiger partial charge on any atom is -0.755 e. The van der Waals surface area contributed by atoms with Gasteiger partial charge in [-0.1, -0.05) is 6.08 Å². The summed E-state index contributed by atoms with van der Waals surface area (Å²) in [6.45, 7) is 1.29. The van der Waals surface area contributed by atoms with E-state index in [-0.39, 0.29) is 18.1 Å². The molecule has 102 valence electrons. The molecule has 5 nitrogen and oxygen atoms in total. The lowest BCUT2D eigenvalue weighted by Gasteiger charge is -2.08. The van der Waals surface area contributed by atoms with Crippen molar-refractivity contribution < 1.29 is 23.1 Å². The van der Waals surface area contributed by atoms with Crippen LogP contribution in [0.5, 0.6) is 0 Å². The second-order valence-corrected chi connectivity index (χ2v) is 4.80. The topological polar surface area (TPSA) is 89.5 Å². The predicted octanol–water partition coefficient (Wildman–Crippen LogP) is 1.42. The maximum Gasteiger partial charge on any atom is 0.234 e. The Hall–Kier alpha value is -1.21. The van der Waals surface area contributed by atoms with Gasteiger partial charge in [-0.3, -0.25) is 13.7 Å². The third-order valence-corrected chi connectivity index (χ3v) is 2.80. The third-order valence-electron chi connectivity index (χ3n) is 2.41. The molecule has 0 bridgehead atoms. The highest BCUT2D eigenvalue weighted by atomic mass is 32.2. The van der Waals surface area contributed by atoms with Crippen LogP contribution in [0.2, 0.25) is 0 Å². The van der Waals surface area contributed by atoms with Crippen molar-refractivity contribution in [3.63, 3.8) is 0 Å². The summed E-state index contributed by atoms with van der Waals surface area (Å²) in [4.78, 5) is 11.1. The second-order valence-electron chi connectivity index (χ2n) is 4.13. The smallest absolute Gasteiger partial charge is 0.234 e. The average molecular weight is 276 g/mol. The van der Waals surface area contributed by atoms with E-state index in [1.165, 1.54) is 13.0 Å². The molecule has 1 aliphatic carbocycles. The summed E-state index contributed by atoms with van der Waals surface area (Å²) in [5.41, 5.74) is 0.506. The van der Waals surface area contributed by atoms with Crippen molar-refractivity contribution in [3.05, 3.63) is 23.5 Å². The first-order chi connectivity index (χ1) is 8.40. The predicted molar refractivity (Wildman–Crippen MR) is 63.8 cm³/mol. The van der Waals surface area contributed by atoms with E-state index in [1.807, 2.05) is 0 Å². The Balaban J connectivity index is 2.67. The maximum absolute atomic E-state index is 12.7. The van der Waals surface area contributed by atoms with Crippen LogP contribution in [0.25, 0.3) is 0 Å². The lowest BCUT2D eigenvalue weighted by Crippen LogP contribution is -2.24. The molecule has 0 aromatic carbocycles. The van der Waals surface area contributed by atoms with Crippen LogP contribution in [0, 0.1) is 5.92 Å². The van der Waals surface area contributed by atoms with Crippen LogP contribution in [0.15, 0.2) is 23.5 Å². The molecule has 2 N–H and O–H groups in total. The molecule has 1 amide bonds. The van der Waals surface area contributed by atoms with Gasteiger partial charge in [-0.2, -0.15) is 0 Å². The molecule has 7 heteroatoms. The van der Waals surface area contributed by atoms with Gasteiger partial charge < -0.3 is 9.66 Å². The highest BCUT2D eigenvalue weighted by molar-refractivity contribution is 7.77. The average Bonchev–Trinajstić information content (AvgIpc) is 2.99. The van der Waals surface area contributed by atoms with Crippen molar-refractivity contribution in [1.29, 1.82) is 0 Å². The molecule has 1 aliphatic rings. The van der Waals surface area contributed by atoms with Crippen molar-refractivity contribution in [2.45, 2.75) is 32.4 Å². The van der Waals surface area contributed by atoms with E-state index in [0.29, 0.717) is 5.57 Å². The summed E-state index contributed by atoms with van der Waals surface area (Å²) in [5, 5.41) is 9.68. The monoisotopic (exact) mass is 276 g/mol. The molecule has 1 saturated carbocycles. The number of aliphatic hydroxyl groups excluding tert-OH is 1. The zero-order chi connectivity index (χ0) is 13.7. The van der Waals surface area contributed by atoms with Crippen molar-refractivity contribution in [2.24, 2.45) is 5.92 Å². The van der Waals surface area contributed by atoms with Crippen LogP contribution in [-0.4, -0.2) is 25.9 Å². The Morgan fingerprint density at radius 2 is 2.28 bits per heavy atom. The fourth-order valence-corrected chi connectivity index (χ4v) is 1.79. The highest BCUT2D eigenvalue weighted by Crippen LogP contribution is 2.39. The van der Waals surface area contributed by atoms with E-state index in [2.05, 4.69) is 0 Å². The van der Waals surface area contributed by atoms with E-state index in [1.54, 1.807) is 4.72 Å². The zero-order valence-corrected chi connectivity index (χ0v) is 10.7. The maximum atomic E-state index is 12.7. The number of rotatable bonds is 6. The first kappa shape index (κ1) is 14.8. The van der Waals surface area contributed by atoms with Gasteiger partial charge in [0.05, 0.1) is 0 Å². The molecular weight excluding hydrogens is 261 g/mol. The Morgan fingerprint density at radius 3 is 2.72 bits per heavy atom. The van der Waals surface area contributed by atoms with Crippen molar-refractivity contribution in [1.82, 2.24) is 4.72 Å². The number of alkyl halides is 1. The van der Waals surface area contributed by atoms with E-state index >= 15 is 0 Å². The summed E-state index contributed by atoms with van der Waals surface area (Å²) in [6, 6.07) is 0. The quantitative estimate of drug-likeness (QED) is 0.436. The summed E-state index contributed by atoms with van der Waals surface area (Å²) < 4.78 is 34.9. The molecule has 0 spiro atoms. The third kappa shape index (κ3) is 5.42. The minimum absolute atomic E-state index is 0.130. The lowest BCUT2D eigenvalue weighted by atomic mass is 10.1. The molecule has 18 heavy (non-hydrogen) atoms. The fraction of sp³-hybridized carbons (Fsp3) is 0.545. The number of allylic oxidation sites excluding steroid dienone is 2. The number of nitrogens with one attached hydrogen (secondary N) is 1. The normalized spacial score (nSPS) is 20.4. The number of hydrogen-bond donors (Lipinski definition) is 2. The molecule has 0 aromatic heterocycles. The molecule has 0 aliphatic heterocycles. The first-order valence-corrected chi connectivity index (χ1v) is 6.61. The standard InChI is InChI=1S/C11H16FNO4S/c1-7(12)6-10(14)9(8-2-3-8)4-5-11(15)13-18(16)17/h4,6-8,14H,2-3,5H2,1H3,(H,13,15)(H,16,17)/p-1/b9-4-,10-6+. The number of carbonyl (C=O) groups excluding carboxylic acids is 1. The van der Waals surface area contributed by atoms with Gasteiger partial charge in [0.25, 0.3) is 0 Å².